The maximum absolute atomic E-state index is 11.8. The normalized spacial score (nSPS) is 10.6. The predicted molar refractivity (Wildman–Crippen MR) is 305 cm³/mol. The summed E-state index contributed by atoms with van der Waals surface area (Å²) in [6.45, 7) is 0. The number of fused-ring (bicyclic) bond motifs is 6. The van der Waals surface area contributed by atoms with Crippen LogP contribution in [0.25, 0.3) is 108 Å². The van der Waals surface area contributed by atoms with Gasteiger partial charge in [-0.3, -0.25) is 0 Å². The zero-order valence-electron chi connectivity index (χ0n) is 41.3. The van der Waals surface area contributed by atoms with Crippen LogP contribution in [0.1, 0.15) is 0 Å². The van der Waals surface area contributed by atoms with Crippen molar-refractivity contribution in [2.75, 3.05) is 0 Å². The number of phenols is 2. The molecule has 14 rings (SSSR count). The molecular weight excluding hydrogens is 1040 g/mol. The molecule has 10 aromatic carbocycles. The van der Waals surface area contributed by atoms with Crippen molar-refractivity contribution in [3.05, 3.63) is 243 Å². The zero-order chi connectivity index (χ0) is 51.1. The molecule has 0 saturated carbocycles. The fourth-order valence-electron chi connectivity index (χ4n) is 8.64. The van der Waals surface area contributed by atoms with Crippen LogP contribution in [0.2, 0.25) is 0 Å². The van der Waals surface area contributed by atoms with Crippen LogP contribution in [0.3, 0.4) is 0 Å². The Hall–Kier alpha value is -8.89. The molecule has 0 unspecified atom stereocenters. The first kappa shape index (κ1) is 53.0. The minimum atomic E-state index is -0.0437. The van der Waals surface area contributed by atoms with Gasteiger partial charge in [-0.2, -0.15) is 4.98 Å². The number of hydrogen-bond acceptors (Lipinski definition) is 9. The summed E-state index contributed by atoms with van der Waals surface area (Å²) < 4.78 is 7.83. The van der Waals surface area contributed by atoms with Gasteiger partial charge >= 0.3 is 16.0 Å². The van der Waals surface area contributed by atoms with Gasteiger partial charge in [-0.25, -0.2) is 15.0 Å². The van der Waals surface area contributed by atoms with Gasteiger partial charge in [0, 0.05) is 42.4 Å². The monoisotopic (exact) mass is 1090 g/mol. The number of thiazole rings is 2. The summed E-state index contributed by atoms with van der Waals surface area (Å²) in [5.74, 6) is 1.06. The summed E-state index contributed by atoms with van der Waals surface area (Å²) in [6, 6.07) is 75.4. The predicted octanol–water partition coefficient (Wildman–Crippen LogP) is 14.2. The van der Waals surface area contributed by atoms with Crippen LogP contribution < -0.4 is 20.2 Å². The second-order valence-corrected chi connectivity index (χ2v) is 19.3. The molecular formula is C64H44BeN4O5S2Zn+2. The van der Waals surface area contributed by atoms with Crippen molar-refractivity contribution in [1.29, 1.82) is 0 Å². The molecule has 13 heteroatoms. The third-order valence-corrected chi connectivity index (χ3v) is 14.5. The number of benzene rings is 10. The molecule has 4 heterocycles. The van der Waals surface area contributed by atoms with Crippen LogP contribution in [0, 0.1) is 0 Å². The first-order valence-corrected chi connectivity index (χ1v) is 25.6. The van der Waals surface area contributed by atoms with Crippen molar-refractivity contribution in [1.82, 2.24) is 9.97 Å². The second kappa shape index (κ2) is 24.2. The summed E-state index contributed by atoms with van der Waals surface area (Å²) in [6.07, 6.45) is 1.84. The first-order valence-electron chi connectivity index (χ1n) is 24.0. The van der Waals surface area contributed by atoms with Gasteiger partial charge in [0.25, 0.3) is 0 Å². The molecule has 9 nitrogen and oxygen atoms in total. The van der Waals surface area contributed by atoms with E-state index in [0.717, 1.165) is 96.6 Å². The second-order valence-electron chi connectivity index (χ2n) is 17.3. The number of phenolic OH excluding ortho intramolecular Hbond substituents is 2. The van der Waals surface area contributed by atoms with Gasteiger partial charge in [-0.1, -0.05) is 163 Å². The zero-order valence-corrected chi connectivity index (χ0v) is 45.9. The molecule has 0 aliphatic rings. The maximum atomic E-state index is 11.8. The molecule has 0 bridgehead atoms. The molecule has 0 saturated heterocycles. The van der Waals surface area contributed by atoms with E-state index in [1.165, 1.54) is 6.07 Å². The van der Waals surface area contributed by atoms with Gasteiger partial charge in [0.15, 0.2) is 6.20 Å². The van der Waals surface area contributed by atoms with E-state index >= 15 is 0 Å². The Labute approximate surface area is 467 Å². The number of aromatic hydroxyl groups is 2. The minimum Gasteiger partial charge on any atom is -0.872 e. The first-order chi connectivity index (χ1) is 36.8. The van der Waals surface area contributed by atoms with Gasteiger partial charge in [-0.05, 0) is 100 Å². The Morgan fingerprint density at radius 1 is 0.442 bits per heavy atom. The summed E-state index contributed by atoms with van der Waals surface area (Å²) >= 11 is 3.19. The molecule has 0 atom stereocenters. The van der Waals surface area contributed by atoms with E-state index in [-0.39, 0.29) is 52.6 Å². The number of aromatic amines is 2. The van der Waals surface area contributed by atoms with Crippen molar-refractivity contribution in [2.45, 2.75) is 0 Å². The summed E-state index contributed by atoms with van der Waals surface area (Å²) in [4.78, 5) is 15.5. The standard InChI is InChI=1S/2C19H13NOS.C13H9NO2.C13H9NO.Be.Zn/c2*21-17-11-10-14(13-6-2-1-3-7-13)12-15(17)19-20-16-8-4-5-9-18(16)22-19;15-11-7-3-1-5-9(11)13-14-10-6-2-4-8-12(10)16-13;15-11-5-1-3-9-6-7-10-4-2-8-14-13(10)12(9)11;;/h2*1-12,21H;1-8,15H;1-8,15H;;/q;;;;+2;. The van der Waals surface area contributed by atoms with E-state index < -0.39 is 0 Å². The summed E-state index contributed by atoms with van der Waals surface area (Å²) in [7, 11) is 0. The summed E-state index contributed by atoms with van der Waals surface area (Å²) in [5, 5.41) is 48.4. The average molecular weight is 1090 g/mol. The van der Waals surface area contributed by atoms with E-state index in [4.69, 9.17) is 4.42 Å². The quantitative estimate of drug-likeness (QED) is 0.128. The van der Waals surface area contributed by atoms with Gasteiger partial charge in [0.2, 0.25) is 16.6 Å². The SMILES string of the molecule is Oc1ccc(-c2ccccc2)cc1-c1nc2ccccc2s1.Oc1ccc(-c2ccccc2)cc1-c1nc2ccccc2s1.[Be+2].[O-]c1cccc2ccc3ccc[nH+]c3c12.[O-]c1ccccc1-c1[nH+]c2ccccc2o1.[Zn]. The van der Waals surface area contributed by atoms with Gasteiger partial charge < -0.3 is 24.8 Å². The number of H-pyrrole nitrogens is 2. The number of oxazole rings is 1. The van der Waals surface area contributed by atoms with Gasteiger partial charge in [0.1, 0.15) is 21.5 Å². The molecule has 0 radical (unpaired) electrons. The molecule has 0 aliphatic carbocycles. The van der Waals surface area contributed by atoms with Crippen LogP contribution in [-0.2, 0) is 19.5 Å². The maximum Gasteiger partial charge on any atom is 2.00 e. The van der Waals surface area contributed by atoms with E-state index in [1.54, 1.807) is 59.1 Å². The smallest absolute Gasteiger partial charge is 0.872 e. The minimum absolute atomic E-state index is 0. The Bertz CT molecular complexity index is 4030. The van der Waals surface area contributed by atoms with E-state index in [0.29, 0.717) is 11.5 Å². The molecule has 77 heavy (non-hydrogen) atoms. The van der Waals surface area contributed by atoms with Crippen molar-refractivity contribution in [3.8, 4) is 77.8 Å². The number of rotatable bonds is 5. The van der Waals surface area contributed by atoms with Crippen molar-refractivity contribution < 1.29 is 54.3 Å². The number of aromatic nitrogens is 4. The van der Waals surface area contributed by atoms with Crippen LogP contribution >= 0.6 is 22.7 Å². The van der Waals surface area contributed by atoms with Crippen molar-refractivity contribution in [2.24, 2.45) is 0 Å². The van der Waals surface area contributed by atoms with Gasteiger partial charge in [-0.15, -0.1) is 22.7 Å². The van der Waals surface area contributed by atoms with Crippen LogP contribution in [-0.4, -0.2) is 30.3 Å². The fourth-order valence-corrected chi connectivity index (χ4v) is 10.6. The topological polar surface area (TPSA) is 154 Å². The molecule has 0 aliphatic heterocycles. The molecule has 0 spiro atoms. The molecule has 0 amide bonds. The van der Waals surface area contributed by atoms with Gasteiger partial charge in [0.05, 0.1) is 37.1 Å². The van der Waals surface area contributed by atoms with Crippen molar-refractivity contribution >= 4 is 86.0 Å². The number of nitrogens with one attached hydrogen (secondary N) is 2. The Kier molecular flexibility index (Phi) is 16.6. The molecule has 4 aromatic heterocycles. The average Bonchev–Trinajstić information content (AvgIpc) is 4.25. The number of pyridine rings is 1. The fraction of sp³-hybridized carbons (Fsp3) is 0. The summed E-state index contributed by atoms with van der Waals surface area (Å²) in [5.41, 5.74) is 11.0. The molecule has 0 fully saturated rings. The Morgan fingerprint density at radius 2 is 0.948 bits per heavy atom. The van der Waals surface area contributed by atoms with Crippen LogP contribution in [0.5, 0.6) is 23.0 Å². The van der Waals surface area contributed by atoms with E-state index in [9.17, 15) is 20.4 Å². The van der Waals surface area contributed by atoms with Crippen LogP contribution in [0.4, 0.5) is 0 Å². The number of para-hydroxylation sites is 5. The largest absolute Gasteiger partial charge is 2.00 e. The van der Waals surface area contributed by atoms with Crippen molar-refractivity contribution in [3.63, 3.8) is 0 Å². The third-order valence-electron chi connectivity index (χ3n) is 12.4. The van der Waals surface area contributed by atoms with E-state index in [2.05, 4.69) is 56.3 Å². The van der Waals surface area contributed by atoms with E-state index in [1.807, 2.05) is 164 Å². The third kappa shape index (κ3) is 11.8. The molecule has 364 valence electrons. The number of nitrogens with zero attached hydrogens (tertiary/aromatic N) is 2. The number of hydrogen-bond donors (Lipinski definition) is 2. The molecule has 4 N–H and O–H groups in total. The van der Waals surface area contributed by atoms with Crippen LogP contribution in [0.15, 0.2) is 247 Å². The Morgan fingerprint density at radius 3 is 1.53 bits per heavy atom. The molecule has 14 aromatic rings. The Balaban J connectivity index is 0.000000126.